The maximum atomic E-state index is 5.77. The molecule has 2 rings (SSSR count). The van der Waals surface area contributed by atoms with Crippen LogP contribution in [0.5, 0.6) is 0 Å². The fraction of sp³-hybridized carbons (Fsp3) is 0.643. The van der Waals surface area contributed by atoms with Crippen LogP contribution in [0.25, 0.3) is 0 Å². The number of aliphatic imine (C=N–C) groups is 1. The third kappa shape index (κ3) is 5.18. The van der Waals surface area contributed by atoms with Crippen LogP contribution in [0, 0.1) is 0 Å². The second kappa shape index (κ2) is 8.41. The minimum Gasteiger partial charge on any atom is -0.370 e. The van der Waals surface area contributed by atoms with Gasteiger partial charge in [0, 0.05) is 58.2 Å². The molecule has 7 nitrogen and oxygen atoms in total. The van der Waals surface area contributed by atoms with E-state index in [9.17, 15) is 0 Å². The highest BCUT2D eigenvalue weighted by Gasteiger charge is 2.18. The number of hydrogen-bond donors (Lipinski definition) is 2. The molecule has 0 spiro atoms. The lowest BCUT2D eigenvalue weighted by molar-refractivity contribution is 0.260. The molecule has 0 aromatic carbocycles. The molecule has 1 fully saturated rings. The number of guanidine groups is 1. The zero-order chi connectivity index (χ0) is 14.9. The topological polar surface area (TPSA) is 82.7 Å². The van der Waals surface area contributed by atoms with Gasteiger partial charge in [-0.3, -0.25) is 9.89 Å². The lowest BCUT2D eigenvalue weighted by Gasteiger charge is -2.34. The standard InChI is InChI=1S/C14H25N7/c1-2-4-16-13(15)17-7-8-20-9-11-21(12-10-20)14-18-5-3-6-19-14/h3,5-6H,2,4,7-12H2,1H3,(H3,15,16,17). The molecular weight excluding hydrogens is 266 g/mol. The average molecular weight is 291 g/mol. The normalized spacial score (nSPS) is 17.0. The highest BCUT2D eigenvalue weighted by atomic mass is 15.3. The van der Waals surface area contributed by atoms with Crippen LogP contribution < -0.4 is 16.0 Å². The lowest BCUT2D eigenvalue weighted by Crippen LogP contribution is -2.49. The Bertz CT molecular complexity index is 426. The molecule has 1 saturated heterocycles. The van der Waals surface area contributed by atoms with Crippen molar-refractivity contribution in [3.8, 4) is 0 Å². The Morgan fingerprint density at radius 3 is 2.67 bits per heavy atom. The molecule has 1 aliphatic heterocycles. The zero-order valence-corrected chi connectivity index (χ0v) is 12.7. The van der Waals surface area contributed by atoms with Gasteiger partial charge in [0.25, 0.3) is 0 Å². The Labute approximate surface area is 126 Å². The zero-order valence-electron chi connectivity index (χ0n) is 12.7. The van der Waals surface area contributed by atoms with Gasteiger partial charge < -0.3 is 16.0 Å². The highest BCUT2D eigenvalue weighted by Crippen LogP contribution is 2.08. The third-order valence-electron chi connectivity index (χ3n) is 3.45. The fourth-order valence-electron chi connectivity index (χ4n) is 2.26. The molecule has 1 aliphatic rings. The summed E-state index contributed by atoms with van der Waals surface area (Å²) in [7, 11) is 0. The highest BCUT2D eigenvalue weighted by molar-refractivity contribution is 5.77. The van der Waals surface area contributed by atoms with Crippen LogP contribution in [0.1, 0.15) is 13.3 Å². The summed E-state index contributed by atoms with van der Waals surface area (Å²) < 4.78 is 0. The van der Waals surface area contributed by atoms with Gasteiger partial charge in [-0.05, 0) is 12.5 Å². The molecule has 0 atom stereocenters. The molecule has 1 aromatic rings. The predicted octanol–water partition coefficient (Wildman–Crippen LogP) is -0.0871. The maximum Gasteiger partial charge on any atom is 0.225 e. The Morgan fingerprint density at radius 1 is 1.29 bits per heavy atom. The molecule has 7 heteroatoms. The first-order valence-electron chi connectivity index (χ1n) is 7.57. The van der Waals surface area contributed by atoms with E-state index in [0.29, 0.717) is 5.96 Å². The number of anilines is 1. The van der Waals surface area contributed by atoms with Gasteiger partial charge >= 0.3 is 0 Å². The van der Waals surface area contributed by atoms with Gasteiger partial charge in [0.05, 0.1) is 0 Å². The molecule has 0 amide bonds. The van der Waals surface area contributed by atoms with Crippen molar-refractivity contribution in [2.45, 2.75) is 13.3 Å². The van der Waals surface area contributed by atoms with Crippen LogP contribution in [0.15, 0.2) is 23.5 Å². The summed E-state index contributed by atoms with van der Waals surface area (Å²) in [5.41, 5.74) is 5.77. The number of rotatable bonds is 6. The van der Waals surface area contributed by atoms with Crippen molar-refractivity contribution in [3.05, 3.63) is 18.5 Å². The van der Waals surface area contributed by atoms with Gasteiger partial charge in [-0.25, -0.2) is 9.97 Å². The first-order valence-corrected chi connectivity index (χ1v) is 7.57. The Hall–Kier alpha value is -1.89. The van der Waals surface area contributed by atoms with E-state index < -0.39 is 0 Å². The van der Waals surface area contributed by atoms with E-state index in [2.05, 4.69) is 37.0 Å². The summed E-state index contributed by atoms with van der Waals surface area (Å²) in [6.45, 7) is 8.65. The van der Waals surface area contributed by atoms with Gasteiger partial charge in [0.1, 0.15) is 0 Å². The van der Waals surface area contributed by atoms with E-state index in [0.717, 1.165) is 58.2 Å². The van der Waals surface area contributed by atoms with Crippen LogP contribution in [0.3, 0.4) is 0 Å². The first kappa shape index (κ1) is 15.5. The number of nitrogens with one attached hydrogen (secondary N) is 1. The van der Waals surface area contributed by atoms with Crippen molar-refractivity contribution in [1.82, 2.24) is 20.2 Å². The molecule has 0 saturated carbocycles. The molecular formula is C14H25N7. The largest absolute Gasteiger partial charge is 0.370 e. The predicted molar refractivity (Wildman–Crippen MR) is 85.5 cm³/mol. The third-order valence-corrected chi connectivity index (χ3v) is 3.45. The number of nitrogens with two attached hydrogens (primary N) is 1. The molecule has 1 aromatic heterocycles. The van der Waals surface area contributed by atoms with Gasteiger partial charge in [0.15, 0.2) is 5.96 Å². The van der Waals surface area contributed by atoms with Crippen LogP contribution in [-0.4, -0.2) is 66.6 Å². The van der Waals surface area contributed by atoms with Gasteiger partial charge in [-0.1, -0.05) is 6.92 Å². The number of aromatic nitrogens is 2. The maximum absolute atomic E-state index is 5.77. The van der Waals surface area contributed by atoms with Crippen molar-refractivity contribution in [2.75, 3.05) is 50.7 Å². The molecule has 0 bridgehead atoms. The molecule has 0 radical (unpaired) electrons. The molecule has 0 aliphatic carbocycles. The molecule has 2 heterocycles. The Kier molecular flexibility index (Phi) is 6.21. The SMILES string of the molecule is CCCN=C(N)NCCN1CCN(c2ncccn2)CC1. The van der Waals surface area contributed by atoms with Crippen molar-refractivity contribution < 1.29 is 0 Å². The second-order valence-corrected chi connectivity index (χ2v) is 5.07. The number of piperazine rings is 1. The van der Waals surface area contributed by atoms with Crippen molar-refractivity contribution in [1.29, 1.82) is 0 Å². The smallest absolute Gasteiger partial charge is 0.225 e. The van der Waals surface area contributed by atoms with E-state index in [4.69, 9.17) is 5.73 Å². The minimum atomic E-state index is 0.549. The van der Waals surface area contributed by atoms with Crippen LogP contribution in [-0.2, 0) is 0 Å². The van der Waals surface area contributed by atoms with E-state index in [1.54, 1.807) is 12.4 Å². The summed E-state index contributed by atoms with van der Waals surface area (Å²) in [5.74, 6) is 1.37. The average Bonchev–Trinajstić information content (AvgIpc) is 2.54. The lowest BCUT2D eigenvalue weighted by atomic mass is 10.3. The van der Waals surface area contributed by atoms with E-state index in [-0.39, 0.29) is 0 Å². The van der Waals surface area contributed by atoms with E-state index in [1.807, 2.05) is 6.07 Å². The Morgan fingerprint density at radius 2 is 2.00 bits per heavy atom. The molecule has 3 N–H and O–H groups in total. The monoisotopic (exact) mass is 291 g/mol. The first-order chi connectivity index (χ1) is 10.3. The number of hydrogen-bond acceptors (Lipinski definition) is 5. The van der Waals surface area contributed by atoms with Gasteiger partial charge in [0.2, 0.25) is 5.95 Å². The summed E-state index contributed by atoms with van der Waals surface area (Å²) in [6, 6.07) is 1.84. The summed E-state index contributed by atoms with van der Waals surface area (Å²) in [5, 5.41) is 3.16. The van der Waals surface area contributed by atoms with E-state index >= 15 is 0 Å². The summed E-state index contributed by atoms with van der Waals surface area (Å²) >= 11 is 0. The molecule has 21 heavy (non-hydrogen) atoms. The Balaban J connectivity index is 1.65. The van der Waals surface area contributed by atoms with Gasteiger partial charge in [-0.15, -0.1) is 0 Å². The number of nitrogens with zero attached hydrogens (tertiary/aromatic N) is 5. The van der Waals surface area contributed by atoms with Crippen LogP contribution >= 0.6 is 0 Å². The fourth-order valence-corrected chi connectivity index (χ4v) is 2.26. The minimum absolute atomic E-state index is 0.549. The van der Waals surface area contributed by atoms with Crippen molar-refractivity contribution in [3.63, 3.8) is 0 Å². The second-order valence-electron chi connectivity index (χ2n) is 5.07. The van der Waals surface area contributed by atoms with E-state index in [1.165, 1.54) is 0 Å². The summed E-state index contributed by atoms with van der Waals surface area (Å²) in [6.07, 6.45) is 4.60. The molecule has 116 valence electrons. The van der Waals surface area contributed by atoms with Crippen LogP contribution in [0.4, 0.5) is 5.95 Å². The van der Waals surface area contributed by atoms with Crippen LogP contribution in [0.2, 0.25) is 0 Å². The van der Waals surface area contributed by atoms with Crippen molar-refractivity contribution >= 4 is 11.9 Å². The summed E-state index contributed by atoms with van der Waals surface area (Å²) in [4.78, 5) is 17.4. The van der Waals surface area contributed by atoms with Gasteiger partial charge in [-0.2, -0.15) is 0 Å². The quantitative estimate of drug-likeness (QED) is 0.563. The molecule has 0 unspecified atom stereocenters. The van der Waals surface area contributed by atoms with Crippen molar-refractivity contribution in [2.24, 2.45) is 10.7 Å².